The van der Waals surface area contributed by atoms with Gasteiger partial charge in [-0.25, -0.2) is 4.39 Å². The van der Waals surface area contributed by atoms with Crippen LogP contribution in [0.4, 0.5) is 10.1 Å². The maximum absolute atomic E-state index is 13.7. The molecule has 1 aliphatic rings. The number of rotatable bonds is 3. The first kappa shape index (κ1) is 11.4. The van der Waals surface area contributed by atoms with Crippen LogP contribution in [-0.4, -0.2) is 19.1 Å². The second-order valence-corrected chi connectivity index (χ2v) is 4.46. The molecule has 88 valence electrons. The van der Waals surface area contributed by atoms with Crippen molar-refractivity contribution in [2.24, 2.45) is 5.73 Å². The standard InChI is InChI=1S/C13H19FN2/c1-10-4-3-9-16(10)13-6-2-5-12(14)11(13)7-8-15/h2,5-6,10H,3-4,7-9,15H2,1H3. The van der Waals surface area contributed by atoms with Crippen LogP contribution in [0.25, 0.3) is 0 Å². The first-order valence-corrected chi connectivity index (χ1v) is 5.98. The molecule has 1 saturated heterocycles. The van der Waals surface area contributed by atoms with Crippen molar-refractivity contribution in [2.75, 3.05) is 18.0 Å². The first-order valence-electron chi connectivity index (χ1n) is 5.98. The van der Waals surface area contributed by atoms with Crippen LogP contribution in [-0.2, 0) is 6.42 Å². The number of nitrogens with two attached hydrogens (primary N) is 1. The summed E-state index contributed by atoms with van der Waals surface area (Å²) in [7, 11) is 0. The van der Waals surface area contributed by atoms with Gasteiger partial charge in [0.25, 0.3) is 0 Å². The smallest absolute Gasteiger partial charge is 0.128 e. The molecular formula is C13H19FN2. The van der Waals surface area contributed by atoms with Crippen LogP contribution in [0.1, 0.15) is 25.3 Å². The minimum atomic E-state index is -0.123. The second-order valence-electron chi connectivity index (χ2n) is 4.46. The monoisotopic (exact) mass is 222 g/mol. The lowest BCUT2D eigenvalue weighted by Gasteiger charge is -2.26. The molecule has 0 spiro atoms. The van der Waals surface area contributed by atoms with Gasteiger partial charge in [-0.15, -0.1) is 0 Å². The number of nitrogens with zero attached hydrogens (tertiary/aromatic N) is 1. The molecule has 1 unspecified atom stereocenters. The average Bonchev–Trinajstić information content (AvgIpc) is 2.68. The van der Waals surface area contributed by atoms with Gasteiger partial charge in [-0.1, -0.05) is 6.07 Å². The minimum absolute atomic E-state index is 0.123. The first-order chi connectivity index (χ1) is 7.74. The molecule has 2 rings (SSSR count). The summed E-state index contributed by atoms with van der Waals surface area (Å²) in [5.74, 6) is -0.123. The average molecular weight is 222 g/mol. The largest absolute Gasteiger partial charge is 0.369 e. The van der Waals surface area contributed by atoms with Gasteiger partial charge in [-0.3, -0.25) is 0 Å². The van der Waals surface area contributed by atoms with Crippen molar-refractivity contribution >= 4 is 5.69 Å². The Labute approximate surface area is 96.2 Å². The summed E-state index contributed by atoms with van der Waals surface area (Å²) < 4.78 is 13.7. The Kier molecular flexibility index (Phi) is 3.44. The summed E-state index contributed by atoms with van der Waals surface area (Å²) in [5.41, 5.74) is 7.36. The lowest BCUT2D eigenvalue weighted by atomic mass is 10.1. The number of halogens is 1. The van der Waals surface area contributed by atoms with E-state index in [9.17, 15) is 4.39 Å². The molecule has 1 aromatic rings. The zero-order valence-electron chi connectivity index (χ0n) is 9.75. The second kappa shape index (κ2) is 4.83. The van der Waals surface area contributed by atoms with Gasteiger partial charge >= 0.3 is 0 Å². The minimum Gasteiger partial charge on any atom is -0.369 e. The fourth-order valence-corrected chi connectivity index (χ4v) is 2.50. The molecule has 3 heteroatoms. The van der Waals surface area contributed by atoms with E-state index < -0.39 is 0 Å². The van der Waals surface area contributed by atoms with Crippen molar-refractivity contribution in [3.8, 4) is 0 Å². The van der Waals surface area contributed by atoms with Crippen molar-refractivity contribution in [3.05, 3.63) is 29.6 Å². The molecule has 0 saturated carbocycles. The van der Waals surface area contributed by atoms with Crippen molar-refractivity contribution < 1.29 is 4.39 Å². The third-order valence-corrected chi connectivity index (χ3v) is 3.35. The van der Waals surface area contributed by atoms with Gasteiger partial charge in [0.1, 0.15) is 5.82 Å². The van der Waals surface area contributed by atoms with Gasteiger partial charge < -0.3 is 10.6 Å². The van der Waals surface area contributed by atoms with Crippen LogP contribution >= 0.6 is 0 Å². The van der Waals surface area contributed by atoms with Gasteiger partial charge in [0.2, 0.25) is 0 Å². The van der Waals surface area contributed by atoms with Gasteiger partial charge in [0, 0.05) is 23.8 Å². The van der Waals surface area contributed by atoms with E-state index in [0.29, 0.717) is 19.0 Å². The van der Waals surface area contributed by atoms with E-state index in [0.717, 1.165) is 17.8 Å². The summed E-state index contributed by atoms with van der Waals surface area (Å²) in [6.45, 7) is 3.72. The van der Waals surface area contributed by atoms with Crippen LogP contribution in [0, 0.1) is 5.82 Å². The predicted octanol–water partition coefficient (Wildman–Crippen LogP) is 2.32. The van der Waals surface area contributed by atoms with Crippen LogP contribution in [0.2, 0.25) is 0 Å². The predicted molar refractivity (Wildman–Crippen MR) is 65.2 cm³/mol. The lowest BCUT2D eigenvalue weighted by molar-refractivity contribution is 0.606. The third-order valence-electron chi connectivity index (χ3n) is 3.35. The van der Waals surface area contributed by atoms with Crippen LogP contribution in [0.3, 0.4) is 0 Å². The van der Waals surface area contributed by atoms with Gasteiger partial charge in [0.05, 0.1) is 0 Å². The molecule has 0 aromatic heterocycles. The summed E-state index contributed by atoms with van der Waals surface area (Å²) in [6, 6.07) is 5.83. The van der Waals surface area contributed by atoms with Crippen molar-refractivity contribution in [3.63, 3.8) is 0 Å². The van der Waals surface area contributed by atoms with Crippen molar-refractivity contribution in [2.45, 2.75) is 32.2 Å². The number of hydrogen-bond donors (Lipinski definition) is 1. The zero-order chi connectivity index (χ0) is 11.5. The molecule has 1 aliphatic heterocycles. The molecule has 2 N–H and O–H groups in total. The van der Waals surface area contributed by atoms with Gasteiger partial charge in [0.15, 0.2) is 0 Å². The third kappa shape index (κ3) is 2.05. The molecule has 16 heavy (non-hydrogen) atoms. The lowest BCUT2D eigenvalue weighted by Crippen LogP contribution is -2.28. The van der Waals surface area contributed by atoms with Crippen LogP contribution < -0.4 is 10.6 Å². The molecule has 1 heterocycles. The van der Waals surface area contributed by atoms with Gasteiger partial charge in [-0.05, 0) is 44.9 Å². The molecule has 1 atom stereocenters. The molecule has 0 aliphatic carbocycles. The van der Waals surface area contributed by atoms with E-state index in [1.54, 1.807) is 6.07 Å². The Morgan fingerprint density at radius 3 is 2.94 bits per heavy atom. The normalized spacial score (nSPS) is 20.4. The van der Waals surface area contributed by atoms with Crippen molar-refractivity contribution in [1.82, 2.24) is 0 Å². The summed E-state index contributed by atoms with van der Waals surface area (Å²) in [5, 5.41) is 0. The highest BCUT2D eigenvalue weighted by atomic mass is 19.1. The summed E-state index contributed by atoms with van der Waals surface area (Å²) >= 11 is 0. The highest BCUT2D eigenvalue weighted by Crippen LogP contribution is 2.30. The summed E-state index contributed by atoms with van der Waals surface area (Å²) in [6.07, 6.45) is 3.00. The van der Waals surface area contributed by atoms with Crippen LogP contribution in [0.15, 0.2) is 18.2 Å². The number of anilines is 1. The van der Waals surface area contributed by atoms with E-state index >= 15 is 0 Å². The van der Waals surface area contributed by atoms with Gasteiger partial charge in [-0.2, -0.15) is 0 Å². The molecule has 1 aromatic carbocycles. The van der Waals surface area contributed by atoms with Crippen molar-refractivity contribution in [1.29, 1.82) is 0 Å². The topological polar surface area (TPSA) is 29.3 Å². The van der Waals surface area contributed by atoms with E-state index in [1.165, 1.54) is 18.9 Å². The van der Waals surface area contributed by atoms with E-state index in [2.05, 4.69) is 11.8 Å². The molecule has 0 radical (unpaired) electrons. The highest BCUT2D eigenvalue weighted by molar-refractivity contribution is 5.55. The fourth-order valence-electron chi connectivity index (χ4n) is 2.50. The SMILES string of the molecule is CC1CCCN1c1cccc(F)c1CCN. The maximum Gasteiger partial charge on any atom is 0.128 e. The molecular weight excluding hydrogens is 203 g/mol. The molecule has 1 fully saturated rings. The molecule has 2 nitrogen and oxygen atoms in total. The van der Waals surface area contributed by atoms with E-state index in [-0.39, 0.29) is 5.82 Å². The molecule has 0 amide bonds. The number of benzene rings is 1. The summed E-state index contributed by atoms with van der Waals surface area (Å²) in [4.78, 5) is 2.30. The van der Waals surface area contributed by atoms with E-state index in [1.807, 2.05) is 6.07 Å². The Hall–Kier alpha value is -1.09. The van der Waals surface area contributed by atoms with Crippen LogP contribution in [0.5, 0.6) is 0 Å². The zero-order valence-corrected chi connectivity index (χ0v) is 9.75. The maximum atomic E-state index is 13.7. The highest BCUT2D eigenvalue weighted by Gasteiger charge is 2.23. The quantitative estimate of drug-likeness (QED) is 0.850. The Morgan fingerprint density at radius 2 is 2.31 bits per heavy atom. The number of hydrogen-bond acceptors (Lipinski definition) is 2. The molecule has 0 bridgehead atoms. The Balaban J connectivity index is 2.35. The fraction of sp³-hybridized carbons (Fsp3) is 0.538. The Morgan fingerprint density at radius 1 is 1.50 bits per heavy atom. The Bertz CT molecular complexity index is 365. The van der Waals surface area contributed by atoms with E-state index in [4.69, 9.17) is 5.73 Å².